The lowest BCUT2D eigenvalue weighted by Crippen LogP contribution is -2.17. The predicted molar refractivity (Wildman–Crippen MR) is 77.3 cm³/mol. The Morgan fingerprint density at radius 1 is 1.10 bits per heavy atom. The van der Waals surface area contributed by atoms with Crippen molar-refractivity contribution in [3.05, 3.63) is 48.0 Å². The van der Waals surface area contributed by atoms with Crippen molar-refractivity contribution in [2.24, 2.45) is 0 Å². The largest absolute Gasteiger partial charge is 0.497 e. The molecule has 0 aliphatic heterocycles. The van der Waals surface area contributed by atoms with Crippen molar-refractivity contribution in [2.75, 3.05) is 19.9 Å². The van der Waals surface area contributed by atoms with Gasteiger partial charge in [0, 0.05) is 12.6 Å². The quantitative estimate of drug-likeness (QED) is 0.838. The zero-order valence-corrected chi connectivity index (χ0v) is 11.3. The fourth-order valence-corrected chi connectivity index (χ4v) is 1.70. The molecule has 2 aromatic rings. The van der Waals surface area contributed by atoms with Crippen LogP contribution < -0.4 is 20.5 Å². The Labute approximate surface area is 117 Å². The Kier molecular flexibility index (Phi) is 4.10. The van der Waals surface area contributed by atoms with Crippen LogP contribution in [0.1, 0.15) is 10.4 Å². The highest BCUT2D eigenvalue weighted by Crippen LogP contribution is 2.29. The molecule has 104 valence electrons. The number of hydrogen-bond donors (Lipinski definition) is 2. The van der Waals surface area contributed by atoms with E-state index in [1.807, 2.05) is 0 Å². The van der Waals surface area contributed by atoms with Gasteiger partial charge in [-0.25, -0.2) is 0 Å². The molecule has 20 heavy (non-hydrogen) atoms. The first kappa shape index (κ1) is 13.7. The molecule has 0 aliphatic carbocycles. The zero-order valence-electron chi connectivity index (χ0n) is 11.3. The monoisotopic (exact) mass is 272 g/mol. The third kappa shape index (κ3) is 3.00. The van der Waals surface area contributed by atoms with Gasteiger partial charge in [-0.05, 0) is 42.5 Å². The highest BCUT2D eigenvalue weighted by Gasteiger charge is 2.08. The molecule has 0 saturated heterocycles. The van der Waals surface area contributed by atoms with Gasteiger partial charge < -0.3 is 20.5 Å². The number of methoxy groups -OCH3 is 1. The first-order valence-corrected chi connectivity index (χ1v) is 6.07. The maximum atomic E-state index is 11.5. The summed E-state index contributed by atoms with van der Waals surface area (Å²) in [6.45, 7) is 0. The number of nitrogens with two attached hydrogens (primary N) is 1. The molecule has 0 saturated carbocycles. The SMILES string of the molecule is CNC(=O)c1ccc(Oc2ccc(OC)cc2)c(N)c1. The topological polar surface area (TPSA) is 73.6 Å². The fraction of sp³-hybridized carbons (Fsp3) is 0.133. The highest BCUT2D eigenvalue weighted by molar-refractivity contribution is 5.95. The van der Waals surface area contributed by atoms with Gasteiger partial charge in [0.05, 0.1) is 12.8 Å². The van der Waals surface area contributed by atoms with E-state index in [9.17, 15) is 4.79 Å². The second-order valence-corrected chi connectivity index (χ2v) is 4.11. The number of nitrogen functional groups attached to an aromatic ring is 1. The molecule has 0 heterocycles. The maximum Gasteiger partial charge on any atom is 0.251 e. The van der Waals surface area contributed by atoms with Crippen molar-refractivity contribution in [1.82, 2.24) is 5.32 Å². The Morgan fingerprint density at radius 2 is 1.75 bits per heavy atom. The molecule has 5 nitrogen and oxygen atoms in total. The number of nitrogens with one attached hydrogen (secondary N) is 1. The molecule has 2 rings (SSSR count). The van der Waals surface area contributed by atoms with Crippen molar-refractivity contribution < 1.29 is 14.3 Å². The van der Waals surface area contributed by atoms with Gasteiger partial charge in [-0.1, -0.05) is 0 Å². The molecule has 5 heteroatoms. The summed E-state index contributed by atoms with van der Waals surface area (Å²) in [6, 6.07) is 12.1. The summed E-state index contributed by atoms with van der Waals surface area (Å²) >= 11 is 0. The fourth-order valence-electron chi connectivity index (χ4n) is 1.70. The number of anilines is 1. The third-order valence-electron chi connectivity index (χ3n) is 2.79. The predicted octanol–water partition coefficient (Wildman–Crippen LogP) is 2.43. The minimum atomic E-state index is -0.187. The van der Waals surface area contributed by atoms with E-state index in [-0.39, 0.29) is 5.91 Å². The van der Waals surface area contributed by atoms with Crippen molar-refractivity contribution >= 4 is 11.6 Å². The zero-order chi connectivity index (χ0) is 14.5. The molecule has 0 spiro atoms. The van der Waals surface area contributed by atoms with Crippen LogP contribution in [-0.4, -0.2) is 20.1 Å². The lowest BCUT2D eigenvalue weighted by atomic mass is 10.2. The minimum Gasteiger partial charge on any atom is -0.497 e. The van der Waals surface area contributed by atoms with Gasteiger partial charge in [0.25, 0.3) is 5.91 Å². The van der Waals surface area contributed by atoms with Gasteiger partial charge in [-0.2, -0.15) is 0 Å². The molecular weight excluding hydrogens is 256 g/mol. The van der Waals surface area contributed by atoms with Gasteiger partial charge in [0.1, 0.15) is 17.2 Å². The van der Waals surface area contributed by atoms with Gasteiger partial charge in [0.15, 0.2) is 0 Å². The summed E-state index contributed by atoms with van der Waals surface area (Å²) in [4.78, 5) is 11.5. The number of rotatable bonds is 4. The van der Waals surface area contributed by atoms with Gasteiger partial charge in [-0.15, -0.1) is 0 Å². The van der Waals surface area contributed by atoms with Crippen LogP contribution in [0, 0.1) is 0 Å². The third-order valence-corrected chi connectivity index (χ3v) is 2.79. The minimum absolute atomic E-state index is 0.187. The number of carbonyl (C=O) groups is 1. The Morgan fingerprint density at radius 3 is 2.30 bits per heavy atom. The van der Waals surface area contributed by atoms with Crippen LogP contribution in [0.4, 0.5) is 5.69 Å². The van der Waals surface area contributed by atoms with Crippen molar-refractivity contribution in [3.63, 3.8) is 0 Å². The average Bonchev–Trinajstić information content (AvgIpc) is 2.49. The van der Waals surface area contributed by atoms with Crippen LogP contribution >= 0.6 is 0 Å². The first-order chi connectivity index (χ1) is 9.63. The molecule has 0 fully saturated rings. The number of carbonyl (C=O) groups excluding carboxylic acids is 1. The molecule has 0 radical (unpaired) electrons. The van der Waals surface area contributed by atoms with E-state index in [1.54, 1.807) is 56.6 Å². The van der Waals surface area contributed by atoms with Crippen molar-refractivity contribution in [3.8, 4) is 17.2 Å². The Balaban J connectivity index is 2.18. The molecule has 3 N–H and O–H groups in total. The van der Waals surface area contributed by atoms with Gasteiger partial charge in [-0.3, -0.25) is 4.79 Å². The van der Waals surface area contributed by atoms with Crippen LogP contribution in [0.5, 0.6) is 17.2 Å². The molecule has 0 aliphatic rings. The smallest absolute Gasteiger partial charge is 0.251 e. The first-order valence-electron chi connectivity index (χ1n) is 6.07. The van der Waals surface area contributed by atoms with E-state index in [0.717, 1.165) is 5.75 Å². The van der Waals surface area contributed by atoms with E-state index in [1.165, 1.54) is 0 Å². The van der Waals surface area contributed by atoms with E-state index in [4.69, 9.17) is 15.2 Å². The summed E-state index contributed by atoms with van der Waals surface area (Å²) in [5.74, 6) is 1.71. The lowest BCUT2D eigenvalue weighted by molar-refractivity contribution is 0.0963. The molecular formula is C15H16N2O3. The van der Waals surface area contributed by atoms with Crippen LogP contribution in [0.2, 0.25) is 0 Å². The lowest BCUT2D eigenvalue weighted by Gasteiger charge is -2.10. The molecule has 0 atom stereocenters. The van der Waals surface area contributed by atoms with E-state index in [0.29, 0.717) is 22.7 Å². The molecule has 1 amide bonds. The molecule has 2 aromatic carbocycles. The standard InChI is InChI=1S/C15H16N2O3/c1-17-15(18)10-3-8-14(13(16)9-10)20-12-6-4-11(19-2)5-7-12/h3-9H,16H2,1-2H3,(H,17,18). The van der Waals surface area contributed by atoms with Crippen molar-refractivity contribution in [2.45, 2.75) is 0 Å². The van der Waals surface area contributed by atoms with E-state index < -0.39 is 0 Å². The number of ether oxygens (including phenoxy) is 2. The van der Waals surface area contributed by atoms with Gasteiger partial charge >= 0.3 is 0 Å². The summed E-state index contributed by atoms with van der Waals surface area (Å²) in [7, 11) is 3.17. The summed E-state index contributed by atoms with van der Waals surface area (Å²) in [6.07, 6.45) is 0. The van der Waals surface area contributed by atoms with Gasteiger partial charge in [0.2, 0.25) is 0 Å². The van der Waals surface area contributed by atoms with E-state index >= 15 is 0 Å². The van der Waals surface area contributed by atoms with Crippen LogP contribution in [-0.2, 0) is 0 Å². The number of amides is 1. The molecule has 0 bridgehead atoms. The van der Waals surface area contributed by atoms with E-state index in [2.05, 4.69) is 5.32 Å². The van der Waals surface area contributed by atoms with Crippen LogP contribution in [0.3, 0.4) is 0 Å². The number of benzene rings is 2. The molecule has 0 unspecified atom stereocenters. The Hall–Kier alpha value is -2.69. The Bertz CT molecular complexity index is 609. The summed E-state index contributed by atoms with van der Waals surface area (Å²) < 4.78 is 10.7. The second-order valence-electron chi connectivity index (χ2n) is 4.11. The normalized spacial score (nSPS) is 9.90. The second kappa shape index (κ2) is 5.97. The summed E-state index contributed by atoms with van der Waals surface area (Å²) in [5, 5.41) is 2.54. The summed E-state index contributed by atoms with van der Waals surface area (Å²) in [5.41, 5.74) is 6.79. The maximum absolute atomic E-state index is 11.5. The number of hydrogen-bond acceptors (Lipinski definition) is 4. The molecule has 0 aromatic heterocycles. The average molecular weight is 272 g/mol. The van der Waals surface area contributed by atoms with Crippen LogP contribution in [0.15, 0.2) is 42.5 Å². The van der Waals surface area contributed by atoms with Crippen molar-refractivity contribution in [1.29, 1.82) is 0 Å². The highest BCUT2D eigenvalue weighted by atomic mass is 16.5. The van der Waals surface area contributed by atoms with Crippen LogP contribution in [0.25, 0.3) is 0 Å².